The molecular weight excluding hydrogens is 366 g/mol. The standard InChI is InChI=1S/C22H25N5O2/c1-15(2)23-20(28)18(14-16-8-4-3-5-9-16)25-22(29)27-13-12-26-19-11-7-6-10-17(19)24-21(26)27/h3-11,15,18H,12-14H2,1-2H3,(H,23,28)(H,25,29). The van der Waals surface area contributed by atoms with Crippen LogP contribution in [0.5, 0.6) is 0 Å². The minimum atomic E-state index is -0.661. The molecule has 1 aromatic heterocycles. The fraction of sp³-hybridized carbons (Fsp3) is 0.318. The summed E-state index contributed by atoms with van der Waals surface area (Å²) in [6, 6.07) is 16.6. The highest BCUT2D eigenvalue weighted by atomic mass is 16.2. The van der Waals surface area contributed by atoms with Crippen LogP contribution in [0, 0.1) is 0 Å². The normalized spacial score (nSPS) is 14.1. The molecule has 1 aliphatic rings. The molecule has 7 nitrogen and oxygen atoms in total. The van der Waals surface area contributed by atoms with Crippen molar-refractivity contribution in [1.82, 2.24) is 20.2 Å². The lowest BCUT2D eigenvalue weighted by Crippen LogP contribution is -2.53. The van der Waals surface area contributed by atoms with Gasteiger partial charge < -0.3 is 15.2 Å². The molecule has 150 valence electrons. The van der Waals surface area contributed by atoms with Crippen molar-refractivity contribution >= 4 is 28.9 Å². The first kappa shape index (κ1) is 19.0. The number of anilines is 1. The zero-order valence-corrected chi connectivity index (χ0v) is 16.6. The average molecular weight is 391 g/mol. The number of imidazole rings is 1. The number of nitrogens with zero attached hydrogens (tertiary/aromatic N) is 3. The van der Waals surface area contributed by atoms with Crippen molar-refractivity contribution < 1.29 is 9.59 Å². The van der Waals surface area contributed by atoms with Crippen molar-refractivity contribution in [3.8, 4) is 0 Å². The molecule has 1 aliphatic heterocycles. The SMILES string of the molecule is CC(C)NC(=O)C(Cc1ccccc1)NC(=O)N1CCn2c1nc1ccccc12. The Labute approximate surface area is 169 Å². The Balaban J connectivity index is 1.54. The summed E-state index contributed by atoms with van der Waals surface area (Å²) in [4.78, 5) is 32.0. The van der Waals surface area contributed by atoms with Crippen LogP contribution in [0.2, 0.25) is 0 Å². The molecule has 2 aromatic carbocycles. The predicted molar refractivity (Wildman–Crippen MR) is 113 cm³/mol. The van der Waals surface area contributed by atoms with E-state index in [-0.39, 0.29) is 18.0 Å². The quantitative estimate of drug-likeness (QED) is 0.702. The number of carbonyl (C=O) groups excluding carboxylic acids is 2. The van der Waals surface area contributed by atoms with Gasteiger partial charge in [-0.2, -0.15) is 0 Å². The zero-order valence-electron chi connectivity index (χ0n) is 16.6. The monoisotopic (exact) mass is 391 g/mol. The fourth-order valence-electron chi connectivity index (χ4n) is 3.65. The summed E-state index contributed by atoms with van der Waals surface area (Å²) in [7, 11) is 0. The highest BCUT2D eigenvalue weighted by molar-refractivity contribution is 5.96. The third-order valence-corrected chi connectivity index (χ3v) is 5.00. The second kappa shape index (κ2) is 7.95. The lowest BCUT2D eigenvalue weighted by Gasteiger charge is -2.23. The van der Waals surface area contributed by atoms with Crippen LogP contribution in [0.25, 0.3) is 11.0 Å². The van der Waals surface area contributed by atoms with E-state index in [2.05, 4.69) is 15.6 Å². The number of fused-ring (bicyclic) bond motifs is 3. The van der Waals surface area contributed by atoms with Gasteiger partial charge in [0.25, 0.3) is 0 Å². The zero-order chi connectivity index (χ0) is 20.4. The molecule has 4 rings (SSSR count). The van der Waals surface area contributed by atoms with E-state index < -0.39 is 6.04 Å². The molecule has 0 saturated carbocycles. The van der Waals surface area contributed by atoms with Crippen molar-refractivity contribution in [2.75, 3.05) is 11.4 Å². The number of hydrogen-bond acceptors (Lipinski definition) is 3. The molecule has 1 atom stereocenters. The molecule has 2 N–H and O–H groups in total. The van der Waals surface area contributed by atoms with Crippen LogP contribution < -0.4 is 15.5 Å². The Bertz CT molecular complexity index is 1030. The lowest BCUT2D eigenvalue weighted by atomic mass is 10.1. The second-order valence-electron chi connectivity index (χ2n) is 7.56. The summed E-state index contributed by atoms with van der Waals surface area (Å²) >= 11 is 0. The summed E-state index contributed by atoms with van der Waals surface area (Å²) in [6.45, 7) is 5.03. The van der Waals surface area contributed by atoms with Gasteiger partial charge in [0.15, 0.2) is 0 Å². The van der Waals surface area contributed by atoms with Crippen LogP contribution in [0.15, 0.2) is 54.6 Å². The van der Waals surface area contributed by atoms with Crippen molar-refractivity contribution in [3.05, 3.63) is 60.2 Å². The van der Waals surface area contributed by atoms with E-state index in [1.54, 1.807) is 4.90 Å². The maximum atomic E-state index is 13.1. The predicted octanol–water partition coefficient (Wildman–Crippen LogP) is 2.70. The Kier molecular flexibility index (Phi) is 5.20. The number of para-hydroxylation sites is 2. The van der Waals surface area contributed by atoms with E-state index in [0.29, 0.717) is 25.5 Å². The second-order valence-corrected chi connectivity index (χ2v) is 7.56. The van der Waals surface area contributed by atoms with Gasteiger partial charge in [0.2, 0.25) is 11.9 Å². The fourth-order valence-corrected chi connectivity index (χ4v) is 3.65. The smallest absolute Gasteiger partial charge is 0.324 e. The Morgan fingerprint density at radius 2 is 1.72 bits per heavy atom. The largest absolute Gasteiger partial charge is 0.352 e. The molecule has 0 radical (unpaired) electrons. The minimum Gasteiger partial charge on any atom is -0.352 e. The van der Waals surface area contributed by atoms with E-state index in [4.69, 9.17) is 0 Å². The molecule has 29 heavy (non-hydrogen) atoms. The van der Waals surface area contributed by atoms with E-state index in [1.807, 2.05) is 73.0 Å². The number of carbonyl (C=O) groups is 2. The van der Waals surface area contributed by atoms with Gasteiger partial charge in [-0.1, -0.05) is 42.5 Å². The molecule has 0 spiro atoms. The molecule has 3 amide bonds. The Hall–Kier alpha value is -3.35. The maximum absolute atomic E-state index is 13.1. The molecule has 0 aliphatic carbocycles. The van der Waals surface area contributed by atoms with Gasteiger partial charge in [0.05, 0.1) is 11.0 Å². The van der Waals surface area contributed by atoms with Crippen LogP contribution in [-0.4, -0.2) is 40.1 Å². The summed E-state index contributed by atoms with van der Waals surface area (Å²) in [6.07, 6.45) is 0.426. The number of hydrogen-bond donors (Lipinski definition) is 2. The van der Waals surface area contributed by atoms with Crippen molar-refractivity contribution in [2.45, 2.75) is 38.9 Å². The van der Waals surface area contributed by atoms with Crippen molar-refractivity contribution in [2.24, 2.45) is 0 Å². The van der Waals surface area contributed by atoms with Gasteiger partial charge >= 0.3 is 6.03 Å². The summed E-state index contributed by atoms with van der Waals surface area (Å²) in [5.41, 5.74) is 2.86. The van der Waals surface area contributed by atoms with Crippen molar-refractivity contribution in [1.29, 1.82) is 0 Å². The first-order chi connectivity index (χ1) is 14.0. The van der Waals surface area contributed by atoms with E-state index in [9.17, 15) is 9.59 Å². The van der Waals surface area contributed by atoms with Crippen LogP contribution in [0.3, 0.4) is 0 Å². The number of rotatable bonds is 5. The molecule has 0 bridgehead atoms. The molecule has 0 saturated heterocycles. The topological polar surface area (TPSA) is 79.3 Å². The van der Waals surface area contributed by atoms with Crippen LogP contribution in [-0.2, 0) is 17.8 Å². The van der Waals surface area contributed by atoms with Crippen LogP contribution in [0.4, 0.5) is 10.7 Å². The number of urea groups is 1. The van der Waals surface area contributed by atoms with Gasteiger partial charge in [-0.05, 0) is 31.5 Å². The number of amides is 3. The molecular formula is C22H25N5O2. The van der Waals surface area contributed by atoms with Crippen LogP contribution >= 0.6 is 0 Å². The third-order valence-electron chi connectivity index (χ3n) is 5.00. The van der Waals surface area contributed by atoms with E-state index in [1.165, 1.54) is 0 Å². The third kappa shape index (κ3) is 3.94. The average Bonchev–Trinajstić information content (AvgIpc) is 3.27. The van der Waals surface area contributed by atoms with E-state index >= 15 is 0 Å². The Morgan fingerprint density at radius 1 is 1.00 bits per heavy atom. The molecule has 2 heterocycles. The highest BCUT2D eigenvalue weighted by Gasteiger charge is 2.31. The van der Waals surface area contributed by atoms with Gasteiger partial charge in [0, 0.05) is 25.6 Å². The number of benzene rings is 2. The van der Waals surface area contributed by atoms with Gasteiger partial charge in [0.1, 0.15) is 6.04 Å². The minimum absolute atomic E-state index is 0.00587. The van der Waals surface area contributed by atoms with Gasteiger partial charge in [-0.3, -0.25) is 9.69 Å². The van der Waals surface area contributed by atoms with Gasteiger partial charge in [-0.15, -0.1) is 0 Å². The molecule has 0 fully saturated rings. The summed E-state index contributed by atoms with van der Waals surface area (Å²) in [5.74, 6) is 0.427. The maximum Gasteiger partial charge on any atom is 0.324 e. The van der Waals surface area contributed by atoms with Gasteiger partial charge in [-0.25, -0.2) is 9.78 Å². The molecule has 3 aromatic rings. The summed E-state index contributed by atoms with van der Waals surface area (Å²) in [5, 5.41) is 5.83. The molecule has 1 unspecified atom stereocenters. The lowest BCUT2D eigenvalue weighted by molar-refractivity contribution is -0.123. The molecule has 7 heteroatoms. The summed E-state index contributed by atoms with van der Waals surface area (Å²) < 4.78 is 2.04. The van der Waals surface area contributed by atoms with Crippen molar-refractivity contribution in [3.63, 3.8) is 0 Å². The Morgan fingerprint density at radius 3 is 2.48 bits per heavy atom. The first-order valence-electron chi connectivity index (χ1n) is 9.90. The van der Waals surface area contributed by atoms with E-state index in [0.717, 1.165) is 16.6 Å². The number of aromatic nitrogens is 2. The highest BCUT2D eigenvalue weighted by Crippen LogP contribution is 2.27. The number of nitrogens with one attached hydrogen (secondary N) is 2. The first-order valence-corrected chi connectivity index (χ1v) is 9.90. The van der Waals surface area contributed by atoms with Crippen LogP contribution in [0.1, 0.15) is 19.4 Å².